The summed E-state index contributed by atoms with van der Waals surface area (Å²) in [5.74, 6) is -0.116. The van der Waals surface area contributed by atoms with Crippen LogP contribution in [0, 0.1) is 11.7 Å². The first-order valence-electron chi connectivity index (χ1n) is 8.74. The third-order valence-corrected chi connectivity index (χ3v) is 5.88. The van der Waals surface area contributed by atoms with Crippen LogP contribution in [0.5, 0.6) is 0 Å². The maximum Gasteiger partial charge on any atom is 0.261 e. The van der Waals surface area contributed by atoms with Gasteiger partial charge in [-0.3, -0.25) is 9.52 Å². The van der Waals surface area contributed by atoms with E-state index >= 15 is 0 Å². The highest BCUT2D eigenvalue weighted by atomic mass is 35.5. The molecule has 28 heavy (non-hydrogen) atoms. The van der Waals surface area contributed by atoms with E-state index in [1.807, 2.05) is 0 Å². The Morgan fingerprint density at radius 2 is 1.71 bits per heavy atom. The molecule has 1 unspecified atom stereocenters. The van der Waals surface area contributed by atoms with Gasteiger partial charge in [0.25, 0.3) is 10.0 Å². The Morgan fingerprint density at radius 1 is 1.11 bits per heavy atom. The van der Waals surface area contributed by atoms with Gasteiger partial charge in [-0.05, 0) is 60.7 Å². The average Bonchev–Trinajstić information content (AvgIpc) is 3.46. The minimum Gasteiger partial charge on any atom is -0.352 e. The van der Waals surface area contributed by atoms with Crippen molar-refractivity contribution in [2.75, 3.05) is 11.3 Å². The molecule has 2 aromatic rings. The molecule has 1 aliphatic rings. The topological polar surface area (TPSA) is 101 Å². The Bertz CT molecular complexity index is 901. The van der Waals surface area contributed by atoms with E-state index in [2.05, 4.69) is 10.0 Å². The summed E-state index contributed by atoms with van der Waals surface area (Å²) in [6, 6.07) is 11.2. The number of halogens is 2. The largest absolute Gasteiger partial charge is 0.352 e. The number of sulfonamides is 1. The fourth-order valence-electron chi connectivity index (χ4n) is 2.83. The van der Waals surface area contributed by atoms with Crippen LogP contribution in [0.2, 0.25) is 0 Å². The maximum absolute atomic E-state index is 12.9. The number of rotatable bonds is 8. The van der Waals surface area contributed by atoms with Crippen LogP contribution in [0.4, 0.5) is 10.1 Å². The molecule has 4 N–H and O–H groups in total. The van der Waals surface area contributed by atoms with Crippen molar-refractivity contribution in [1.82, 2.24) is 5.32 Å². The van der Waals surface area contributed by atoms with Crippen LogP contribution in [0.15, 0.2) is 53.4 Å². The van der Waals surface area contributed by atoms with E-state index in [0.29, 0.717) is 18.2 Å². The summed E-state index contributed by atoms with van der Waals surface area (Å²) < 4.78 is 40.0. The number of benzene rings is 2. The highest BCUT2D eigenvalue weighted by Gasteiger charge is 2.31. The summed E-state index contributed by atoms with van der Waals surface area (Å²) in [6.07, 6.45) is 2.41. The molecule has 0 bridgehead atoms. The molecule has 1 saturated carbocycles. The lowest BCUT2D eigenvalue weighted by Crippen LogP contribution is -2.42. The fourth-order valence-corrected chi connectivity index (χ4v) is 3.89. The van der Waals surface area contributed by atoms with Gasteiger partial charge in [-0.15, -0.1) is 12.4 Å². The third kappa shape index (κ3) is 5.92. The molecule has 0 radical (unpaired) electrons. The Hall–Kier alpha value is -2.16. The number of nitrogens with one attached hydrogen (secondary N) is 2. The molecule has 1 aliphatic carbocycles. The number of amides is 1. The molecule has 3 rings (SSSR count). The number of nitrogens with two attached hydrogens (primary N) is 1. The van der Waals surface area contributed by atoms with Gasteiger partial charge in [-0.2, -0.15) is 0 Å². The van der Waals surface area contributed by atoms with Crippen LogP contribution in [-0.2, 0) is 21.2 Å². The van der Waals surface area contributed by atoms with Crippen molar-refractivity contribution >= 4 is 34.0 Å². The van der Waals surface area contributed by atoms with Gasteiger partial charge in [0.1, 0.15) is 5.82 Å². The standard InChI is InChI=1S/C19H22FN3O3S.ClH/c20-15-5-9-17(10-6-15)27(25,26)23-16-7-1-13(2-8-16)11-19(24)22-18(12-21)14-3-4-14;/h1-2,5-10,14,18,23H,3-4,11-12,21H2,(H,22,24);1H. The minimum absolute atomic E-state index is 0. The molecule has 6 nitrogen and oxygen atoms in total. The van der Waals surface area contributed by atoms with E-state index in [9.17, 15) is 17.6 Å². The van der Waals surface area contributed by atoms with Crippen LogP contribution >= 0.6 is 12.4 Å². The molecule has 152 valence electrons. The van der Waals surface area contributed by atoms with Gasteiger partial charge in [0, 0.05) is 18.3 Å². The molecule has 0 heterocycles. The fraction of sp³-hybridized carbons (Fsp3) is 0.316. The van der Waals surface area contributed by atoms with Gasteiger partial charge in [-0.25, -0.2) is 12.8 Å². The third-order valence-electron chi connectivity index (χ3n) is 4.49. The molecule has 2 aromatic carbocycles. The second-order valence-corrected chi connectivity index (χ2v) is 8.36. The van der Waals surface area contributed by atoms with Crippen molar-refractivity contribution in [3.05, 3.63) is 59.9 Å². The normalized spacial score (nSPS) is 14.6. The van der Waals surface area contributed by atoms with E-state index in [1.54, 1.807) is 24.3 Å². The van der Waals surface area contributed by atoms with Gasteiger partial charge >= 0.3 is 0 Å². The van der Waals surface area contributed by atoms with E-state index < -0.39 is 15.8 Å². The van der Waals surface area contributed by atoms with E-state index in [-0.39, 0.29) is 35.7 Å². The number of carbonyl (C=O) groups excluding carboxylic acids is 1. The highest BCUT2D eigenvalue weighted by Crippen LogP contribution is 2.32. The lowest BCUT2D eigenvalue weighted by Gasteiger charge is -2.16. The molecule has 0 saturated heterocycles. The van der Waals surface area contributed by atoms with Crippen LogP contribution in [-0.4, -0.2) is 26.9 Å². The Balaban J connectivity index is 0.00000280. The summed E-state index contributed by atoms with van der Waals surface area (Å²) in [5.41, 5.74) is 6.82. The summed E-state index contributed by atoms with van der Waals surface area (Å²) in [5, 5.41) is 2.95. The monoisotopic (exact) mass is 427 g/mol. The second-order valence-electron chi connectivity index (χ2n) is 6.68. The second kappa shape index (κ2) is 9.36. The smallest absolute Gasteiger partial charge is 0.261 e. The van der Waals surface area contributed by atoms with Crippen molar-refractivity contribution in [1.29, 1.82) is 0 Å². The lowest BCUT2D eigenvalue weighted by atomic mass is 10.1. The Kier molecular flexibility index (Phi) is 7.40. The molecule has 0 aromatic heterocycles. The van der Waals surface area contributed by atoms with Gasteiger partial charge in [0.15, 0.2) is 0 Å². The van der Waals surface area contributed by atoms with E-state index in [0.717, 1.165) is 30.5 Å². The lowest BCUT2D eigenvalue weighted by molar-refractivity contribution is -0.121. The molecular weight excluding hydrogens is 405 g/mol. The van der Waals surface area contributed by atoms with Gasteiger partial charge in [0.05, 0.1) is 11.3 Å². The van der Waals surface area contributed by atoms with Crippen molar-refractivity contribution < 1.29 is 17.6 Å². The van der Waals surface area contributed by atoms with Crippen molar-refractivity contribution in [2.45, 2.75) is 30.2 Å². The molecular formula is C19H23ClFN3O3S. The SMILES string of the molecule is Cl.NCC(NC(=O)Cc1ccc(NS(=O)(=O)c2ccc(F)cc2)cc1)C1CC1. The molecule has 1 fully saturated rings. The highest BCUT2D eigenvalue weighted by molar-refractivity contribution is 7.92. The summed E-state index contributed by atoms with van der Waals surface area (Å²) in [4.78, 5) is 12.1. The molecule has 1 atom stereocenters. The van der Waals surface area contributed by atoms with Crippen molar-refractivity contribution in [3.63, 3.8) is 0 Å². The zero-order chi connectivity index (χ0) is 19.4. The zero-order valence-electron chi connectivity index (χ0n) is 15.1. The zero-order valence-corrected chi connectivity index (χ0v) is 16.7. The predicted octanol–water partition coefficient (Wildman–Crippen LogP) is 2.44. The number of anilines is 1. The minimum atomic E-state index is -3.80. The predicted molar refractivity (Wildman–Crippen MR) is 108 cm³/mol. The number of hydrogen-bond acceptors (Lipinski definition) is 4. The summed E-state index contributed by atoms with van der Waals surface area (Å²) >= 11 is 0. The number of carbonyl (C=O) groups is 1. The van der Waals surface area contributed by atoms with Gasteiger partial charge < -0.3 is 11.1 Å². The molecule has 9 heteroatoms. The van der Waals surface area contributed by atoms with Crippen LogP contribution < -0.4 is 15.8 Å². The van der Waals surface area contributed by atoms with Crippen LogP contribution in [0.25, 0.3) is 0 Å². The molecule has 1 amide bonds. The van der Waals surface area contributed by atoms with Crippen molar-refractivity contribution in [3.8, 4) is 0 Å². The summed E-state index contributed by atoms with van der Waals surface area (Å²) in [7, 11) is -3.80. The maximum atomic E-state index is 12.9. The first kappa shape index (κ1) is 22.1. The van der Waals surface area contributed by atoms with Gasteiger partial charge in [0.2, 0.25) is 5.91 Å². The van der Waals surface area contributed by atoms with Gasteiger partial charge in [-0.1, -0.05) is 12.1 Å². The average molecular weight is 428 g/mol. The van der Waals surface area contributed by atoms with Crippen LogP contribution in [0.1, 0.15) is 18.4 Å². The number of hydrogen-bond donors (Lipinski definition) is 3. The first-order valence-corrected chi connectivity index (χ1v) is 10.2. The Labute approximate surface area is 170 Å². The first-order chi connectivity index (χ1) is 12.9. The quantitative estimate of drug-likeness (QED) is 0.602. The molecule has 0 spiro atoms. The Morgan fingerprint density at radius 3 is 2.25 bits per heavy atom. The van der Waals surface area contributed by atoms with E-state index in [4.69, 9.17) is 5.73 Å². The summed E-state index contributed by atoms with van der Waals surface area (Å²) in [6.45, 7) is 0.431. The molecule has 0 aliphatic heterocycles. The van der Waals surface area contributed by atoms with E-state index in [1.165, 1.54) is 12.1 Å². The van der Waals surface area contributed by atoms with Crippen molar-refractivity contribution in [2.24, 2.45) is 11.7 Å². The van der Waals surface area contributed by atoms with Crippen LogP contribution in [0.3, 0.4) is 0 Å².